The number of pyridine rings is 1. The third-order valence-corrected chi connectivity index (χ3v) is 4.51. The van der Waals surface area contributed by atoms with Crippen LogP contribution in [0.3, 0.4) is 0 Å². The van der Waals surface area contributed by atoms with E-state index in [0.717, 1.165) is 16.9 Å². The second-order valence-electron chi connectivity index (χ2n) is 4.94. The van der Waals surface area contributed by atoms with E-state index in [1.807, 2.05) is 12.1 Å². The molecule has 0 spiro atoms. The summed E-state index contributed by atoms with van der Waals surface area (Å²) in [6.07, 6.45) is 1.04. The summed E-state index contributed by atoms with van der Waals surface area (Å²) < 4.78 is 31.4. The first kappa shape index (κ1) is 15.1. The van der Waals surface area contributed by atoms with Gasteiger partial charge in [-0.15, -0.1) is 11.3 Å². The summed E-state index contributed by atoms with van der Waals surface area (Å²) in [6, 6.07) is 4.84. The van der Waals surface area contributed by atoms with Gasteiger partial charge in [-0.25, -0.2) is 8.78 Å². The average molecular weight is 324 g/mol. The number of carbonyl (C=O) groups is 1. The molecule has 0 bridgehead atoms. The fraction of sp³-hybridized carbons (Fsp3) is 0.333. The molecule has 0 saturated carbocycles. The second kappa shape index (κ2) is 6.50. The molecular formula is C15H14F2N2O2S. The minimum Gasteiger partial charge on any atom is -0.371 e. The highest BCUT2D eigenvalue weighted by molar-refractivity contribution is 7.10. The van der Waals surface area contributed by atoms with Crippen molar-refractivity contribution in [3.8, 4) is 0 Å². The first-order chi connectivity index (χ1) is 10.7. The van der Waals surface area contributed by atoms with E-state index in [1.54, 1.807) is 12.4 Å². The second-order valence-corrected chi connectivity index (χ2v) is 5.89. The summed E-state index contributed by atoms with van der Waals surface area (Å²) in [7, 11) is 0. The number of hydrogen-bond donors (Lipinski definition) is 1. The standard InChI is InChI=1S/C15H14F2N2O2S/c16-14(17)13-10(4-8-22-13)15(20)19-11-3-7-21-12(11)9-1-5-18-6-2-9/h1-2,4-6,8,11-12,14H,3,7H2,(H,19,20)/t11-,12+/m1/s1. The van der Waals surface area contributed by atoms with Gasteiger partial charge in [-0.05, 0) is 35.6 Å². The number of hydrogen-bond acceptors (Lipinski definition) is 4. The van der Waals surface area contributed by atoms with Crippen LogP contribution in [-0.2, 0) is 4.74 Å². The first-order valence-corrected chi connectivity index (χ1v) is 7.72. The smallest absolute Gasteiger partial charge is 0.273 e. The predicted octanol–water partition coefficient (Wildman–Crippen LogP) is 3.34. The van der Waals surface area contributed by atoms with E-state index in [9.17, 15) is 13.6 Å². The van der Waals surface area contributed by atoms with Crippen molar-refractivity contribution >= 4 is 17.2 Å². The Labute approximate surface area is 130 Å². The number of thiophene rings is 1. The number of aromatic nitrogens is 1. The van der Waals surface area contributed by atoms with E-state index >= 15 is 0 Å². The number of nitrogens with one attached hydrogen (secondary N) is 1. The van der Waals surface area contributed by atoms with Gasteiger partial charge in [-0.1, -0.05) is 0 Å². The molecule has 22 heavy (non-hydrogen) atoms. The first-order valence-electron chi connectivity index (χ1n) is 6.84. The van der Waals surface area contributed by atoms with Crippen LogP contribution < -0.4 is 5.32 Å². The molecular weight excluding hydrogens is 310 g/mol. The normalized spacial score (nSPS) is 21.2. The highest BCUT2D eigenvalue weighted by atomic mass is 32.1. The zero-order chi connectivity index (χ0) is 15.5. The van der Waals surface area contributed by atoms with Crippen molar-refractivity contribution in [2.24, 2.45) is 0 Å². The van der Waals surface area contributed by atoms with Crippen LogP contribution in [-0.4, -0.2) is 23.5 Å². The van der Waals surface area contributed by atoms with Crippen molar-refractivity contribution in [3.05, 3.63) is 52.0 Å². The van der Waals surface area contributed by atoms with Crippen LogP contribution in [0.4, 0.5) is 8.78 Å². The Kier molecular flexibility index (Phi) is 4.44. The van der Waals surface area contributed by atoms with Crippen molar-refractivity contribution in [3.63, 3.8) is 0 Å². The van der Waals surface area contributed by atoms with Gasteiger partial charge in [-0.2, -0.15) is 0 Å². The molecule has 0 aliphatic carbocycles. The molecule has 7 heteroatoms. The Morgan fingerprint density at radius 2 is 2.14 bits per heavy atom. The molecule has 3 heterocycles. The van der Waals surface area contributed by atoms with Crippen LogP contribution >= 0.6 is 11.3 Å². The Hall–Kier alpha value is -1.86. The largest absolute Gasteiger partial charge is 0.371 e. The molecule has 1 fully saturated rings. The molecule has 0 unspecified atom stereocenters. The number of amides is 1. The van der Waals surface area contributed by atoms with Crippen LogP contribution in [0.5, 0.6) is 0 Å². The van der Waals surface area contributed by atoms with Crippen LogP contribution in [0.15, 0.2) is 36.0 Å². The van der Waals surface area contributed by atoms with E-state index in [0.29, 0.717) is 13.0 Å². The summed E-state index contributed by atoms with van der Waals surface area (Å²) in [5.74, 6) is -0.480. The van der Waals surface area contributed by atoms with E-state index in [1.165, 1.54) is 11.4 Å². The van der Waals surface area contributed by atoms with E-state index in [2.05, 4.69) is 10.3 Å². The van der Waals surface area contributed by atoms with Crippen molar-refractivity contribution in [2.75, 3.05) is 6.61 Å². The lowest BCUT2D eigenvalue weighted by atomic mass is 10.0. The molecule has 1 aliphatic rings. The maximum absolute atomic E-state index is 12.9. The van der Waals surface area contributed by atoms with Gasteiger partial charge in [0.2, 0.25) is 0 Å². The summed E-state index contributed by atoms with van der Waals surface area (Å²) in [5.41, 5.74) is 0.956. The van der Waals surface area contributed by atoms with Gasteiger partial charge in [-0.3, -0.25) is 9.78 Å². The molecule has 3 rings (SSSR count). The number of rotatable bonds is 4. The summed E-state index contributed by atoms with van der Waals surface area (Å²) in [4.78, 5) is 16.0. The Bertz CT molecular complexity index is 648. The predicted molar refractivity (Wildman–Crippen MR) is 78.1 cm³/mol. The zero-order valence-electron chi connectivity index (χ0n) is 11.5. The van der Waals surface area contributed by atoms with Gasteiger partial charge < -0.3 is 10.1 Å². The molecule has 1 saturated heterocycles. The lowest BCUT2D eigenvalue weighted by Crippen LogP contribution is -2.37. The fourth-order valence-electron chi connectivity index (χ4n) is 2.54. The monoisotopic (exact) mass is 324 g/mol. The average Bonchev–Trinajstić information content (AvgIpc) is 3.17. The lowest BCUT2D eigenvalue weighted by molar-refractivity contribution is 0.0815. The minimum absolute atomic E-state index is 0.0420. The number of halogens is 2. The lowest BCUT2D eigenvalue weighted by Gasteiger charge is -2.20. The number of ether oxygens (including phenoxy) is 1. The minimum atomic E-state index is -2.64. The van der Waals surface area contributed by atoms with Gasteiger partial charge in [0, 0.05) is 19.0 Å². The molecule has 0 aromatic carbocycles. The summed E-state index contributed by atoms with van der Waals surface area (Å²) in [6.45, 7) is 0.517. The van der Waals surface area contributed by atoms with E-state index in [-0.39, 0.29) is 22.6 Å². The van der Waals surface area contributed by atoms with Crippen molar-refractivity contribution in [1.29, 1.82) is 0 Å². The number of nitrogens with zero attached hydrogens (tertiary/aromatic N) is 1. The molecule has 116 valence electrons. The van der Waals surface area contributed by atoms with Gasteiger partial charge in [0.05, 0.1) is 16.5 Å². The Morgan fingerprint density at radius 1 is 1.36 bits per heavy atom. The maximum Gasteiger partial charge on any atom is 0.273 e. The Balaban J connectivity index is 1.74. The number of alkyl halides is 2. The fourth-order valence-corrected chi connectivity index (χ4v) is 3.28. The van der Waals surface area contributed by atoms with Gasteiger partial charge in [0.15, 0.2) is 0 Å². The molecule has 1 amide bonds. The zero-order valence-corrected chi connectivity index (χ0v) is 12.4. The molecule has 1 aliphatic heterocycles. The van der Waals surface area contributed by atoms with Crippen molar-refractivity contribution in [1.82, 2.24) is 10.3 Å². The highest BCUT2D eigenvalue weighted by Gasteiger charge is 2.32. The molecule has 2 aromatic rings. The van der Waals surface area contributed by atoms with Crippen molar-refractivity contribution < 1.29 is 18.3 Å². The van der Waals surface area contributed by atoms with Crippen molar-refractivity contribution in [2.45, 2.75) is 25.0 Å². The van der Waals surface area contributed by atoms with Gasteiger partial charge >= 0.3 is 0 Å². The highest BCUT2D eigenvalue weighted by Crippen LogP contribution is 2.31. The summed E-state index contributed by atoms with van der Waals surface area (Å²) in [5, 5.41) is 4.32. The molecule has 4 nitrogen and oxygen atoms in total. The third kappa shape index (κ3) is 3.00. The quantitative estimate of drug-likeness (QED) is 0.938. The van der Waals surface area contributed by atoms with Crippen LogP contribution in [0, 0.1) is 0 Å². The molecule has 0 radical (unpaired) electrons. The van der Waals surface area contributed by atoms with Gasteiger partial charge in [0.1, 0.15) is 6.10 Å². The van der Waals surface area contributed by atoms with E-state index < -0.39 is 12.3 Å². The van der Waals surface area contributed by atoms with Gasteiger partial charge in [0.25, 0.3) is 12.3 Å². The third-order valence-electron chi connectivity index (χ3n) is 3.58. The maximum atomic E-state index is 12.9. The molecule has 2 aromatic heterocycles. The summed E-state index contributed by atoms with van der Waals surface area (Å²) >= 11 is 0.891. The SMILES string of the molecule is O=C(N[C@@H]1CCO[C@H]1c1ccncc1)c1ccsc1C(F)F. The molecule has 1 N–H and O–H groups in total. The molecule has 2 atom stereocenters. The van der Waals surface area contributed by atoms with E-state index in [4.69, 9.17) is 4.74 Å². The van der Waals surface area contributed by atoms with Crippen LogP contribution in [0.25, 0.3) is 0 Å². The van der Waals surface area contributed by atoms with Crippen LogP contribution in [0.1, 0.15) is 39.7 Å². The Morgan fingerprint density at radius 3 is 2.86 bits per heavy atom. The van der Waals surface area contributed by atoms with Crippen LogP contribution in [0.2, 0.25) is 0 Å². The number of carbonyl (C=O) groups excluding carboxylic acids is 1. The topological polar surface area (TPSA) is 51.2 Å².